The number of hydrogen-bond donors (Lipinski definition) is 3. The lowest BCUT2D eigenvalue weighted by molar-refractivity contribution is -0.125. The van der Waals surface area contributed by atoms with Crippen molar-refractivity contribution in [2.45, 2.75) is 50.6 Å². The zero-order valence-corrected chi connectivity index (χ0v) is 9.64. The van der Waals surface area contributed by atoms with E-state index in [4.69, 9.17) is 0 Å². The minimum atomic E-state index is -0.610. The highest BCUT2D eigenvalue weighted by Crippen LogP contribution is 2.30. The van der Waals surface area contributed by atoms with E-state index in [1.807, 2.05) is 0 Å². The van der Waals surface area contributed by atoms with Crippen LogP contribution in [0.2, 0.25) is 0 Å². The fraction of sp³-hybridized carbons (Fsp3) is 0.818. The van der Waals surface area contributed by atoms with Gasteiger partial charge in [-0.1, -0.05) is 6.92 Å². The molecule has 1 spiro atoms. The van der Waals surface area contributed by atoms with E-state index in [0.717, 1.165) is 38.6 Å². The Hall–Kier alpha value is -1.10. The summed E-state index contributed by atoms with van der Waals surface area (Å²) in [4.78, 5) is 22.8. The highest BCUT2D eigenvalue weighted by atomic mass is 16.2. The molecule has 2 fully saturated rings. The first-order valence-electron chi connectivity index (χ1n) is 6.03. The predicted octanol–water partition coefficient (Wildman–Crippen LogP) is 0.507. The molecule has 16 heavy (non-hydrogen) atoms. The first-order valence-corrected chi connectivity index (χ1v) is 6.03. The van der Waals surface area contributed by atoms with E-state index in [0.29, 0.717) is 6.04 Å². The maximum absolute atomic E-state index is 11.7. The Labute approximate surface area is 95.3 Å². The number of hydrogen-bond acceptors (Lipinski definition) is 3. The average molecular weight is 225 g/mol. The van der Waals surface area contributed by atoms with Gasteiger partial charge in [0, 0.05) is 6.04 Å². The van der Waals surface area contributed by atoms with Gasteiger partial charge in [0.15, 0.2) is 0 Å². The molecule has 2 rings (SSSR count). The van der Waals surface area contributed by atoms with Crippen molar-refractivity contribution < 1.29 is 9.59 Å². The number of rotatable bonds is 3. The number of nitrogens with one attached hydrogen (secondary N) is 3. The van der Waals surface area contributed by atoms with Crippen LogP contribution in [0.25, 0.3) is 0 Å². The van der Waals surface area contributed by atoms with Crippen LogP contribution in [0.4, 0.5) is 4.79 Å². The zero-order valence-electron chi connectivity index (χ0n) is 9.64. The molecule has 0 bridgehead atoms. The number of carbonyl (C=O) groups excluding carboxylic acids is 2. The smallest absolute Gasteiger partial charge is 0.322 e. The van der Waals surface area contributed by atoms with Gasteiger partial charge in [0.1, 0.15) is 5.54 Å². The van der Waals surface area contributed by atoms with E-state index in [1.165, 1.54) is 0 Å². The molecule has 0 atom stereocenters. The molecule has 0 unspecified atom stereocenters. The molecule has 0 radical (unpaired) electrons. The first-order chi connectivity index (χ1) is 7.66. The van der Waals surface area contributed by atoms with E-state index in [-0.39, 0.29) is 11.9 Å². The van der Waals surface area contributed by atoms with E-state index < -0.39 is 5.54 Å². The van der Waals surface area contributed by atoms with Crippen LogP contribution in [-0.2, 0) is 4.79 Å². The second-order valence-electron chi connectivity index (χ2n) is 4.72. The van der Waals surface area contributed by atoms with Crippen LogP contribution in [0.5, 0.6) is 0 Å². The van der Waals surface area contributed by atoms with Gasteiger partial charge in [0.05, 0.1) is 0 Å². The maximum atomic E-state index is 11.7. The summed E-state index contributed by atoms with van der Waals surface area (Å²) < 4.78 is 0. The molecular weight excluding hydrogens is 206 g/mol. The van der Waals surface area contributed by atoms with Crippen molar-refractivity contribution in [2.24, 2.45) is 0 Å². The van der Waals surface area contributed by atoms with Crippen molar-refractivity contribution in [3.05, 3.63) is 0 Å². The fourth-order valence-electron chi connectivity index (χ4n) is 2.54. The van der Waals surface area contributed by atoms with Gasteiger partial charge in [0.25, 0.3) is 5.91 Å². The summed E-state index contributed by atoms with van der Waals surface area (Å²) in [5.41, 5.74) is -0.610. The third kappa shape index (κ3) is 2.04. The first kappa shape index (κ1) is 11.4. The van der Waals surface area contributed by atoms with Gasteiger partial charge >= 0.3 is 6.03 Å². The molecule has 0 aromatic rings. The Morgan fingerprint density at radius 3 is 2.56 bits per heavy atom. The molecule has 2 aliphatic rings. The largest absolute Gasteiger partial charge is 0.323 e. The Morgan fingerprint density at radius 1 is 1.38 bits per heavy atom. The van der Waals surface area contributed by atoms with Crippen molar-refractivity contribution in [2.75, 3.05) is 6.54 Å². The molecule has 1 heterocycles. The van der Waals surface area contributed by atoms with Gasteiger partial charge in [-0.15, -0.1) is 0 Å². The summed E-state index contributed by atoms with van der Waals surface area (Å²) in [5.74, 6) is -0.147. The van der Waals surface area contributed by atoms with Gasteiger partial charge in [-0.2, -0.15) is 0 Å². The van der Waals surface area contributed by atoms with Crippen LogP contribution < -0.4 is 16.0 Å². The molecule has 1 saturated carbocycles. The van der Waals surface area contributed by atoms with E-state index >= 15 is 0 Å². The van der Waals surface area contributed by atoms with Gasteiger partial charge in [0.2, 0.25) is 0 Å². The van der Waals surface area contributed by atoms with Crippen LogP contribution in [0, 0.1) is 0 Å². The van der Waals surface area contributed by atoms with Crippen LogP contribution in [0.3, 0.4) is 0 Å². The molecule has 3 N–H and O–H groups in total. The summed E-state index contributed by atoms with van der Waals surface area (Å²) in [5, 5.41) is 8.55. The van der Waals surface area contributed by atoms with Crippen LogP contribution in [0.1, 0.15) is 39.0 Å². The van der Waals surface area contributed by atoms with E-state index in [9.17, 15) is 9.59 Å². The third-order valence-electron chi connectivity index (χ3n) is 3.54. The second-order valence-corrected chi connectivity index (χ2v) is 4.72. The summed E-state index contributed by atoms with van der Waals surface area (Å²) in [6, 6.07) is 0.154. The monoisotopic (exact) mass is 225 g/mol. The normalized spacial score (nSPS) is 33.9. The lowest BCUT2D eigenvalue weighted by Gasteiger charge is -2.34. The number of imide groups is 1. The van der Waals surface area contributed by atoms with E-state index in [1.54, 1.807) is 0 Å². The van der Waals surface area contributed by atoms with Gasteiger partial charge in [-0.05, 0) is 38.6 Å². The lowest BCUT2D eigenvalue weighted by atomic mass is 9.79. The van der Waals surface area contributed by atoms with Gasteiger partial charge < -0.3 is 10.6 Å². The highest BCUT2D eigenvalue weighted by molar-refractivity contribution is 6.07. The quantitative estimate of drug-likeness (QED) is 0.613. The predicted molar refractivity (Wildman–Crippen MR) is 60.0 cm³/mol. The standard InChI is InChI=1S/C11H19N3O2/c1-2-7-12-8-3-5-11(6-4-8)9(15)13-10(16)14-11/h8,12H,2-7H2,1H3,(H2,13,14,15,16). The average Bonchev–Trinajstić information content (AvgIpc) is 2.53. The summed E-state index contributed by atoms with van der Waals surface area (Å²) in [6.07, 6.45) is 4.51. The molecule has 5 heteroatoms. The zero-order chi connectivity index (χ0) is 11.6. The van der Waals surface area contributed by atoms with Gasteiger partial charge in [-0.3, -0.25) is 10.1 Å². The second kappa shape index (κ2) is 4.41. The van der Waals surface area contributed by atoms with Crippen molar-refractivity contribution in [1.29, 1.82) is 0 Å². The molecule has 0 aromatic carbocycles. The summed E-state index contributed by atoms with van der Waals surface area (Å²) >= 11 is 0. The van der Waals surface area contributed by atoms with Crippen molar-refractivity contribution in [3.8, 4) is 0 Å². The van der Waals surface area contributed by atoms with Crippen LogP contribution in [-0.4, -0.2) is 30.1 Å². The molecular formula is C11H19N3O2. The minimum Gasteiger partial charge on any atom is -0.323 e. The van der Waals surface area contributed by atoms with Crippen molar-refractivity contribution >= 4 is 11.9 Å². The Kier molecular flexibility index (Phi) is 3.14. The Bertz CT molecular complexity index is 296. The fourth-order valence-corrected chi connectivity index (χ4v) is 2.54. The SMILES string of the molecule is CCCNC1CCC2(CC1)NC(=O)NC2=O. The third-order valence-corrected chi connectivity index (χ3v) is 3.54. The highest BCUT2D eigenvalue weighted by Gasteiger charge is 2.47. The molecule has 5 nitrogen and oxygen atoms in total. The molecule has 1 saturated heterocycles. The summed E-state index contributed by atoms with van der Waals surface area (Å²) in [7, 11) is 0. The van der Waals surface area contributed by atoms with Crippen molar-refractivity contribution in [3.63, 3.8) is 0 Å². The number of amides is 3. The Morgan fingerprint density at radius 2 is 2.06 bits per heavy atom. The summed E-state index contributed by atoms with van der Waals surface area (Å²) in [6.45, 7) is 3.16. The molecule has 0 aromatic heterocycles. The minimum absolute atomic E-state index is 0.147. The number of carbonyl (C=O) groups is 2. The van der Waals surface area contributed by atoms with Gasteiger partial charge in [-0.25, -0.2) is 4.79 Å². The van der Waals surface area contributed by atoms with Crippen LogP contribution in [0.15, 0.2) is 0 Å². The topological polar surface area (TPSA) is 70.2 Å². The molecule has 3 amide bonds. The van der Waals surface area contributed by atoms with Crippen molar-refractivity contribution in [1.82, 2.24) is 16.0 Å². The van der Waals surface area contributed by atoms with Crippen LogP contribution >= 0.6 is 0 Å². The molecule has 90 valence electrons. The molecule has 1 aliphatic carbocycles. The molecule has 1 aliphatic heterocycles. The number of urea groups is 1. The maximum Gasteiger partial charge on any atom is 0.322 e. The lowest BCUT2D eigenvalue weighted by Crippen LogP contribution is -2.52. The van der Waals surface area contributed by atoms with E-state index in [2.05, 4.69) is 22.9 Å². The Balaban J connectivity index is 1.89.